The first-order valence-corrected chi connectivity index (χ1v) is 8.65. The van der Waals surface area contributed by atoms with Crippen LogP contribution in [-0.2, 0) is 11.3 Å². The molecular formula is C15H16Cl2IN3O. The molecule has 0 fully saturated rings. The maximum Gasteiger partial charge on any atom is 0.224 e. The summed E-state index contributed by atoms with van der Waals surface area (Å²) < 4.78 is 3.12. The molecule has 0 saturated carbocycles. The number of aromatic nitrogens is 2. The number of hydrogen-bond acceptors (Lipinski definition) is 2. The Morgan fingerprint density at radius 3 is 2.45 bits per heavy atom. The van der Waals surface area contributed by atoms with Crippen LogP contribution in [0.25, 0.3) is 0 Å². The standard InChI is InChI=1S/C15H16Cl2IN3O/c1-9-15(18)10(2)21(20-9)5-3-4-14(22)19-13-7-11(16)6-12(17)8-13/h6-8H,3-5H2,1-2H3,(H,19,22). The van der Waals surface area contributed by atoms with E-state index in [1.54, 1.807) is 18.2 Å². The lowest BCUT2D eigenvalue weighted by molar-refractivity contribution is -0.116. The van der Waals surface area contributed by atoms with Gasteiger partial charge in [-0.15, -0.1) is 0 Å². The van der Waals surface area contributed by atoms with Gasteiger partial charge in [0.2, 0.25) is 5.91 Å². The fourth-order valence-electron chi connectivity index (χ4n) is 2.13. The van der Waals surface area contributed by atoms with Crippen LogP contribution in [0.15, 0.2) is 18.2 Å². The number of benzene rings is 1. The van der Waals surface area contributed by atoms with Gasteiger partial charge in [-0.2, -0.15) is 5.10 Å². The number of amides is 1. The van der Waals surface area contributed by atoms with Crippen molar-refractivity contribution in [1.82, 2.24) is 9.78 Å². The van der Waals surface area contributed by atoms with Gasteiger partial charge in [-0.3, -0.25) is 9.48 Å². The third-order valence-corrected chi connectivity index (χ3v) is 5.21. The van der Waals surface area contributed by atoms with Crippen molar-refractivity contribution in [3.05, 3.63) is 43.2 Å². The lowest BCUT2D eigenvalue weighted by Crippen LogP contribution is -2.13. The summed E-state index contributed by atoms with van der Waals surface area (Å²) in [6.07, 6.45) is 1.14. The van der Waals surface area contributed by atoms with E-state index in [0.29, 0.717) is 22.2 Å². The highest BCUT2D eigenvalue weighted by atomic mass is 127. The van der Waals surface area contributed by atoms with Gasteiger partial charge in [0.15, 0.2) is 0 Å². The second-order valence-electron chi connectivity index (χ2n) is 5.02. The highest BCUT2D eigenvalue weighted by Crippen LogP contribution is 2.22. The highest BCUT2D eigenvalue weighted by Gasteiger charge is 2.09. The number of carbonyl (C=O) groups excluding carboxylic acids is 1. The van der Waals surface area contributed by atoms with E-state index in [1.165, 1.54) is 3.57 Å². The van der Waals surface area contributed by atoms with Crippen molar-refractivity contribution in [2.24, 2.45) is 0 Å². The van der Waals surface area contributed by atoms with E-state index in [0.717, 1.165) is 24.4 Å². The van der Waals surface area contributed by atoms with E-state index in [9.17, 15) is 4.79 Å². The summed E-state index contributed by atoms with van der Waals surface area (Å²) in [7, 11) is 0. The Bertz CT molecular complexity index is 680. The van der Waals surface area contributed by atoms with Crippen LogP contribution >= 0.6 is 45.8 Å². The first-order valence-electron chi connectivity index (χ1n) is 6.82. The lowest BCUT2D eigenvalue weighted by atomic mass is 10.2. The quantitative estimate of drug-likeness (QED) is 0.661. The SMILES string of the molecule is Cc1nn(CCCC(=O)Nc2cc(Cl)cc(Cl)c2)c(C)c1I. The highest BCUT2D eigenvalue weighted by molar-refractivity contribution is 14.1. The van der Waals surface area contributed by atoms with Crippen molar-refractivity contribution in [1.29, 1.82) is 0 Å². The van der Waals surface area contributed by atoms with Gasteiger partial charge in [0.05, 0.1) is 9.26 Å². The fraction of sp³-hybridized carbons (Fsp3) is 0.333. The van der Waals surface area contributed by atoms with Crippen molar-refractivity contribution >= 4 is 57.4 Å². The van der Waals surface area contributed by atoms with E-state index in [-0.39, 0.29) is 5.91 Å². The Kier molecular flexibility index (Phi) is 6.11. The van der Waals surface area contributed by atoms with Gasteiger partial charge < -0.3 is 5.32 Å². The fourth-order valence-corrected chi connectivity index (χ4v) is 3.04. The zero-order valence-corrected chi connectivity index (χ0v) is 16.0. The molecular weight excluding hydrogens is 436 g/mol. The third-order valence-electron chi connectivity index (χ3n) is 3.21. The average Bonchev–Trinajstić information content (AvgIpc) is 2.65. The Hall–Kier alpha value is -0.790. The van der Waals surface area contributed by atoms with Gasteiger partial charge in [0.1, 0.15) is 0 Å². The van der Waals surface area contributed by atoms with Gasteiger partial charge in [-0.1, -0.05) is 23.2 Å². The van der Waals surface area contributed by atoms with E-state index >= 15 is 0 Å². The molecule has 0 aliphatic heterocycles. The number of rotatable bonds is 5. The molecule has 0 spiro atoms. The summed E-state index contributed by atoms with van der Waals surface area (Å²) in [6, 6.07) is 4.98. The number of hydrogen-bond donors (Lipinski definition) is 1. The molecule has 0 unspecified atom stereocenters. The normalized spacial score (nSPS) is 10.8. The number of aryl methyl sites for hydroxylation is 2. The molecule has 0 bridgehead atoms. The Balaban J connectivity index is 1.86. The van der Waals surface area contributed by atoms with Crippen molar-refractivity contribution < 1.29 is 4.79 Å². The Morgan fingerprint density at radius 2 is 1.91 bits per heavy atom. The molecule has 1 heterocycles. The molecule has 22 heavy (non-hydrogen) atoms. The monoisotopic (exact) mass is 451 g/mol. The molecule has 0 aliphatic carbocycles. The van der Waals surface area contributed by atoms with Crippen molar-refractivity contribution in [3.8, 4) is 0 Å². The summed E-state index contributed by atoms with van der Waals surface area (Å²) >= 11 is 14.1. The molecule has 0 atom stereocenters. The minimum atomic E-state index is -0.0606. The molecule has 2 aromatic rings. The smallest absolute Gasteiger partial charge is 0.224 e. The van der Waals surface area contributed by atoms with Crippen LogP contribution in [0.1, 0.15) is 24.2 Å². The molecule has 1 amide bonds. The van der Waals surface area contributed by atoms with Gasteiger partial charge in [-0.05, 0) is 61.1 Å². The van der Waals surface area contributed by atoms with Crippen LogP contribution in [0.3, 0.4) is 0 Å². The number of nitrogens with one attached hydrogen (secondary N) is 1. The zero-order chi connectivity index (χ0) is 16.3. The van der Waals surface area contributed by atoms with Crippen LogP contribution < -0.4 is 5.32 Å². The second-order valence-corrected chi connectivity index (χ2v) is 6.97. The van der Waals surface area contributed by atoms with Gasteiger partial charge >= 0.3 is 0 Å². The van der Waals surface area contributed by atoms with Crippen LogP contribution in [0, 0.1) is 17.4 Å². The van der Waals surface area contributed by atoms with Crippen LogP contribution in [0.4, 0.5) is 5.69 Å². The number of carbonyl (C=O) groups is 1. The summed E-state index contributed by atoms with van der Waals surface area (Å²) in [5.74, 6) is -0.0606. The Morgan fingerprint density at radius 1 is 1.27 bits per heavy atom. The number of anilines is 1. The van der Waals surface area contributed by atoms with Crippen molar-refractivity contribution in [2.75, 3.05) is 5.32 Å². The molecule has 4 nitrogen and oxygen atoms in total. The third kappa shape index (κ3) is 4.60. The maximum absolute atomic E-state index is 12.0. The first-order chi connectivity index (χ1) is 10.4. The van der Waals surface area contributed by atoms with E-state index in [2.05, 4.69) is 33.0 Å². The van der Waals surface area contributed by atoms with Gasteiger partial charge in [0.25, 0.3) is 0 Å². The molecule has 0 radical (unpaired) electrons. The molecule has 1 aromatic carbocycles. The number of halogens is 3. The van der Waals surface area contributed by atoms with E-state index in [1.807, 2.05) is 18.5 Å². The zero-order valence-electron chi connectivity index (χ0n) is 12.3. The predicted octanol–water partition coefficient (Wildman–Crippen LogP) is 4.83. The average molecular weight is 452 g/mol. The van der Waals surface area contributed by atoms with Crippen molar-refractivity contribution in [3.63, 3.8) is 0 Å². The van der Waals surface area contributed by atoms with Crippen LogP contribution in [0.2, 0.25) is 10.0 Å². The van der Waals surface area contributed by atoms with Crippen LogP contribution in [0.5, 0.6) is 0 Å². The lowest BCUT2D eigenvalue weighted by Gasteiger charge is -2.07. The van der Waals surface area contributed by atoms with Crippen molar-refractivity contribution in [2.45, 2.75) is 33.2 Å². The molecule has 1 N–H and O–H groups in total. The minimum absolute atomic E-state index is 0.0606. The van der Waals surface area contributed by atoms with E-state index in [4.69, 9.17) is 23.2 Å². The summed E-state index contributed by atoms with van der Waals surface area (Å²) in [5, 5.41) is 8.26. The molecule has 0 aliphatic rings. The summed E-state index contributed by atoms with van der Waals surface area (Å²) in [6.45, 7) is 4.75. The Labute approximate surface area is 153 Å². The summed E-state index contributed by atoms with van der Waals surface area (Å²) in [4.78, 5) is 12.0. The topological polar surface area (TPSA) is 46.9 Å². The molecule has 1 aromatic heterocycles. The molecule has 7 heteroatoms. The molecule has 118 valence electrons. The van der Waals surface area contributed by atoms with E-state index < -0.39 is 0 Å². The molecule has 0 saturated heterocycles. The van der Waals surface area contributed by atoms with Gasteiger partial charge in [0, 0.05) is 34.4 Å². The maximum atomic E-state index is 12.0. The minimum Gasteiger partial charge on any atom is -0.326 e. The summed E-state index contributed by atoms with van der Waals surface area (Å²) in [5.41, 5.74) is 2.78. The largest absolute Gasteiger partial charge is 0.326 e. The number of nitrogens with zero attached hydrogens (tertiary/aromatic N) is 2. The second kappa shape index (κ2) is 7.66. The first kappa shape index (κ1) is 17.6. The predicted molar refractivity (Wildman–Crippen MR) is 98.7 cm³/mol. The molecule has 2 rings (SSSR count). The van der Waals surface area contributed by atoms with Gasteiger partial charge in [-0.25, -0.2) is 0 Å². The van der Waals surface area contributed by atoms with Crippen LogP contribution in [-0.4, -0.2) is 15.7 Å².